The summed E-state index contributed by atoms with van der Waals surface area (Å²) in [6, 6.07) is 18.6. The number of furan rings is 1. The van der Waals surface area contributed by atoms with Crippen molar-refractivity contribution in [1.82, 2.24) is 9.55 Å². The molecule has 0 aliphatic carbocycles. The molecule has 6 nitrogen and oxygen atoms in total. The largest absolute Gasteiger partial charge is 0.467 e. The number of aryl methyl sites for hydroxylation is 1. The van der Waals surface area contributed by atoms with Gasteiger partial charge in [0, 0.05) is 5.69 Å². The summed E-state index contributed by atoms with van der Waals surface area (Å²) in [6.45, 7) is 2.33. The van der Waals surface area contributed by atoms with Gasteiger partial charge in [0.1, 0.15) is 5.76 Å². The minimum Gasteiger partial charge on any atom is -0.467 e. The molecule has 4 aromatic rings. The number of rotatable bonds is 7. The molecule has 4 rings (SSSR count). The summed E-state index contributed by atoms with van der Waals surface area (Å²) in [6.07, 6.45) is 2.47. The molecule has 2 aromatic carbocycles. The normalized spacial score (nSPS) is 11.0. The summed E-state index contributed by atoms with van der Waals surface area (Å²) >= 11 is 1.23. The van der Waals surface area contributed by atoms with Crippen LogP contribution in [0.15, 0.2) is 81.3 Å². The first kappa shape index (κ1) is 20.0. The van der Waals surface area contributed by atoms with Gasteiger partial charge in [-0.05, 0) is 48.4 Å². The van der Waals surface area contributed by atoms with Gasteiger partial charge >= 0.3 is 0 Å². The van der Waals surface area contributed by atoms with Crippen molar-refractivity contribution in [2.45, 2.75) is 25.0 Å². The second-order valence-electron chi connectivity index (χ2n) is 6.77. The lowest BCUT2D eigenvalue weighted by atomic mass is 10.1. The SMILES string of the molecule is CCc1cccc(NC(=O)CSc2nc3ccccc3c(=O)n2Cc2ccco2)c1. The van der Waals surface area contributed by atoms with Crippen LogP contribution in [0.5, 0.6) is 0 Å². The maximum absolute atomic E-state index is 13.0. The minimum atomic E-state index is -0.157. The molecule has 7 heteroatoms. The molecule has 0 saturated carbocycles. The van der Waals surface area contributed by atoms with Crippen LogP contribution in [0, 0.1) is 0 Å². The number of nitrogens with zero attached hydrogens (tertiary/aromatic N) is 2. The van der Waals surface area contributed by atoms with E-state index in [2.05, 4.69) is 17.2 Å². The highest BCUT2D eigenvalue weighted by molar-refractivity contribution is 7.99. The minimum absolute atomic E-state index is 0.138. The Balaban J connectivity index is 1.57. The van der Waals surface area contributed by atoms with Crippen LogP contribution in [0.2, 0.25) is 0 Å². The van der Waals surface area contributed by atoms with E-state index in [0.29, 0.717) is 21.8 Å². The van der Waals surface area contributed by atoms with Gasteiger partial charge in [0.05, 0.1) is 29.5 Å². The number of thioether (sulfide) groups is 1. The van der Waals surface area contributed by atoms with Gasteiger partial charge in [0.15, 0.2) is 5.16 Å². The fraction of sp³-hybridized carbons (Fsp3) is 0.174. The third-order valence-corrected chi connectivity index (χ3v) is 5.65. The second-order valence-corrected chi connectivity index (χ2v) is 7.72. The molecule has 0 fully saturated rings. The lowest BCUT2D eigenvalue weighted by molar-refractivity contribution is -0.113. The molecule has 2 aromatic heterocycles. The highest BCUT2D eigenvalue weighted by Crippen LogP contribution is 2.20. The van der Waals surface area contributed by atoms with Crippen LogP contribution >= 0.6 is 11.8 Å². The van der Waals surface area contributed by atoms with Crippen molar-refractivity contribution in [2.75, 3.05) is 11.1 Å². The van der Waals surface area contributed by atoms with Crippen molar-refractivity contribution in [1.29, 1.82) is 0 Å². The highest BCUT2D eigenvalue weighted by atomic mass is 32.2. The molecule has 0 unspecified atom stereocenters. The Bertz CT molecular complexity index is 1230. The smallest absolute Gasteiger partial charge is 0.262 e. The first-order valence-electron chi connectivity index (χ1n) is 9.67. The molecule has 1 amide bonds. The van der Waals surface area contributed by atoms with Crippen molar-refractivity contribution >= 4 is 34.3 Å². The van der Waals surface area contributed by atoms with Crippen LogP contribution in [0.3, 0.4) is 0 Å². The fourth-order valence-corrected chi connectivity index (χ4v) is 3.95. The summed E-state index contributed by atoms with van der Waals surface area (Å²) < 4.78 is 6.96. The van der Waals surface area contributed by atoms with Crippen molar-refractivity contribution in [3.63, 3.8) is 0 Å². The number of carbonyl (C=O) groups excluding carboxylic acids is 1. The number of amides is 1. The topological polar surface area (TPSA) is 77.1 Å². The maximum atomic E-state index is 13.0. The Morgan fingerprint density at radius 1 is 1.13 bits per heavy atom. The lowest BCUT2D eigenvalue weighted by Crippen LogP contribution is -2.24. The van der Waals surface area contributed by atoms with Gasteiger partial charge in [-0.15, -0.1) is 0 Å². The number of nitrogens with one attached hydrogen (secondary N) is 1. The Morgan fingerprint density at radius 2 is 2.00 bits per heavy atom. The van der Waals surface area contributed by atoms with Crippen LogP contribution in [0.4, 0.5) is 5.69 Å². The Kier molecular flexibility index (Phi) is 5.99. The number of benzene rings is 2. The zero-order valence-corrected chi connectivity index (χ0v) is 17.3. The van der Waals surface area contributed by atoms with Gasteiger partial charge < -0.3 is 9.73 Å². The molecule has 0 bridgehead atoms. The molecule has 0 saturated heterocycles. The molecule has 0 aliphatic rings. The van der Waals surface area contributed by atoms with E-state index >= 15 is 0 Å². The molecule has 2 heterocycles. The molecule has 1 N–H and O–H groups in total. The zero-order valence-electron chi connectivity index (χ0n) is 16.5. The molecule has 0 atom stereocenters. The zero-order chi connectivity index (χ0) is 20.9. The van der Waals surface area contributed by atoms with E-state index in [-0.39, 0.29) is 23.8 Å². The fourth-order valence-electron chi connectivity index (χ4n) is 3.15. The molecule has 0 aliphatic heterocycles. The summed E-state index contributed by atoms with van der Waals surface area (Å²) in [7, 11) is 0. The molecule has 0 radical (unpaired) electrons. The summed E-state index contributed by atoms with van der Waals surface area (Å²) in [4.78, 5) is 30.2. The molecular formula is C23H21N3O3S. The van der Waals surface area contributed by atoms with Crippen molar-refractivity contribution in [3.8, 4) is 0 Å². The number of aromatic nitrogens is 2. The van der Waals surface area contributed by atoms with Crippen molar-refractivity contribution in [3.05, 3.63) is 88.6 Å². The first-order valence-corrected chi connectivity index (χ1v) is 10.7. The van der Waals surface area contributed by atoms with E-state index < -0.39 is 0 Å². The number of hydrogen-bond donors (Lipinski definition) is 1. The van der Waals surface area contributed by atoms with E-state index in [0.717, 1.165) is 17.7 Å². The van der Waals surface area contributed by atoms with Crippen LogP contribution in [-0.4, -0.2) is 21.2 Å². The standard InChI is InChI=1S/C23H21N3O3S/c1-2-16-7-5-8-17(13-16)24-21(27)15-30-23-25-20-11-4-3-10-19(20)22(28)26(23)14-18-9-6-12-29-18/h3-13H,2,14-15H2,1H3,(H,24,27). The number of anilines is 1. The highest BCUT2D eigenvalue weighted by Gasteiger charge is 2.14. The third kappa shape index (κ3) is 4.46. The summed E-state index contributed by atoms with van der Waals surface area (Å²) in [5.74, 6) is 0.635. The first-order chi connectivity index (χ1) is 14.6. The van der Waals surface area contributed by atoms with Gasteiger partial charge in [-0.1, -0.05) is 43.0 Å². The Morgan fingerprint density at radius 3 is 2.80 bits per heavy atom. The average molecular weight is 420 g/mol. The van der Waals surface area contributed by atoms with E-state index in [1.165, 1.54) is 11.8 Å². The molecular weight excluding hydrogens is 398 g/mol. The number of fused-ring (bicyclic) bond motifs is 1. The predicted octanol–water partition coefficient (Wildman–Crippen LogP) is 4.33. The number of carbonyl (C=O) groups is 1. The lowest BCUT2D eigenvalue weighted by Gasteiger charge is -2.12. The molecule has 0 spiro atoms. The van der Waals surface area contributed by atoms with E-state index in [4.69, 9.17) is 4.42 Å². The average Bonchev–Trinajstić information content (AvgIpc) is 3.28. The number of para-hydroxylation sites is 1. The Hall–Kier alpha value is -3.32. The van der Waals surface area contributed by atoms with Gasteiger partial charge in [-0.2, -0.15) is 0 Å². The van der Waals surface area contributed by atoms with Crippen LogP contribution in [-0.2, 0) is 17.8 Å². The van der Waals surface area contributed by atoms with Crippen molar-refractivity contribution < 1.29 is 9.21 Å². The van der Waals surface area contributed by atoms with Crippen LogP contribution < -0.4 is 10.9 Å². The quantitative estimate of drug-likeness (QED) is 0.356. The predicted molar refractivity (Wildman–Crippen MR) is 119 cm³/mol. The van der Waals surface area contributed by atoms with E-state index in [9.17, 15) is 9.59 Å². The van der Waals surface area contributed by atoms with Gasteiger partial charge in [-0.25, -0.2) is 4.98 Å². The van der Waals surface area contributed by atoms with Gasteiger partial charge in [-0.3, -0.25) is 14.2 Å². The van der Waals surface area contributed by atoms with Gasteiger partial charge in [0.25, 0.3) is 5.56 Å². The van der Waals surface area contributed by atoms with Crippen LogP contribution in [0.1, 0.15) is 18.2 Å². The molecule has 152 valence electrons. The summed E-state index contributed by atoms with van der Waals surface area (Å²) in [5.41, 5.74) is 2.37. The Labute approximate surface area is 177 Å². The van der Waals surface area contributed by atoms with Crippen LogP contribution in [0.25, 0.3) is 10.9 Å². The summed E-state index contributed by atoms with van der Waals surface area (Å²) in [5, 5.41) is 3.93. The number of hydrogen-bond acceptors (Lipinski definition) is 5. The third-order valence-electron chi connectivity index (χ3n) is 4.67. The van der Waals surface area contributed by atoms with E-state index in [1.807, 2.05) is 42.5 Å². The van der Waals surface area contributed by atoms with E-state index in [1.54, 1.807) is 29.0 Å². The molecule has 30 heavy (non-hydrogen) atoms. The monoisotopic (exact) mass is 419 g/mol. The second kappa shape index (κ2) is 9.00. The van der Waals surface area contributed by atoms with Crippen molar-refractivity contribution in [2.24, 2.45) is 0 Å². The maximum Gasteiger partial charge on any atom is 0.262 e. The van der Waals surface area contributed by atoms with Gasteiger partial charge in [0.2, 0.25) is 5.91 Å².